The van der Waals surface area contributed by atoms with E-state index in [2.05, 4.69) is 17.4 Å². The summed E-state index contributed by atoms with van der Waals surface area (Å²) in [6, 6.07) is 25.2. The Balaban J connectivity index is 1.51. The molecule has 1 N–H and O–H groups in total. The number of para-hydroxylation sites is 1. The van der Waals surface area contributed by atoms with Crippen LogP contribution < -0.4 is 15.0 Å². The lowest BCUT2D eigenvalue weighted by atomic mass is 9.64. The minimum absolute atomic E-state index is 0.157. The molecule has 1 spiro atoms. The number of hydrogen-bond acceptors (Lipinski definition) is 5. The van der Waals surface area contributed by atoms with Crippen molar-refractivity contribution in [3.63, 3.8) is 0 Å². The number of carbonyl (C=O) groups excluding carboxylic acids is 3. The molecule has 0 radical (unpaired) electrons. The van der Waals surface area contributed by atoms with E-state index in [1.165, 1.54) is 6.92 Å². The van der Waals surface area contributed by atoms with Gasteiger partial charge in [0.2, 0.25) is 5.91 Å². The van der Waals surface area contributed by atoms with E-state index in [1.54, 1.807) is 31.4 Å². The zero-order chi connectivity index (χ0) is 26.9. The number of nitrogens with zero attached hydrogens (tertiary/aromatic N) is 1. The van der Waals surface area contributed by atoms with Gasteiger partial charge in [-0.3, -0.25) is 14.4 Å². The molecule has 0 unspecified atom stereocenters. The molecule has 192 valence electrons. The van der Waals surface area contributed by atoms with Gasteiger partial charge in [0.15, 0.2) is 11.6 Å². The number of hydrogen-bond donors (Lipinski definition) is 1. The number of benzene rings is 4. The van der Waals surface area contributed by atoms with Crippen molar-refractivity contribution in [1.29, 1.82) is 0 Å². The van der Waals surface area contributed by atoms with Crippen LogP contribution >= 0.6 is 0 Å². The van der Waals surface area contributed by atoms with Crippen LogP contribution in [0.4, 0.5) is 11.4 Å². The summed E-state index contributed by atoms with van der Waals surface area (Å²) in [5.74, 6) is -0.978. The summed E-state index contributed by atoms with van der Waals surface area (Å²) in [6.07, 6.45) is 4.06. The van der Waals surface area contributed by atoms with Crippen molar-refractivity contribution in [2.75, 3.05) is 17.3 Å². The summed E-state index contributed by atoms with van der Waals surface area (Å²) in [5.41, 5.74) is 2.40. The predicted octanol–water partition coefficient (Wildman–Crippen LogP) is 5.41. The van der Waals surface area contributed by atoms with E-state index in [0.29, 0.717) is 17.0 Å². The van der Waals surface area contributed by atoms with E-state index in [-0.39, 0.29) is 17.5 Å². The Kier molecular flexibility index (Phi) is 5.04. The highest BCUT2D eigenvalue weighted by molar-refractivity contribution is 6.17. The largest absolute Gasteiger partial charge is 0.497 e. The van der Waals surface area contributed by atoms with Gasteiger partial charge in [-0.15, -0.1) is 0 Å². The quantitative estimate of drug-likeness (QED) is 0.369. The molecule has 4 aromatic carbocycles. The number of ketones is 2. The van der Waals surface area contributed by atoms with Crippen LogP contribution in [0.15, 0.2) is 91.0 Å². The second-order valence-corrected chi connectivity index (χ2v) is 10.4. The number of carbonyl (C=O) groups is 3. The molecule has 7 rings (SSSR count). The molecule has 6 nitrogen and oxygen atoms in total. The Morgan fingerprint density at radius 3 is 2.44 bits per heavy atom. The van der Waals surface area contributed by atoms with Crippen LogP contribution in [0, 0.1) is 5.92 Å². The van der Waals surface area contributed by atoms with Crippen molar-refractivity contribution in [3.8, 4) is 5.75 Å². The molecule has 1 amide bonds. The third-order valence-electron chi connectivity index (χ3n) is 8.61. The summed E-state index contributed by atoms with van der Waals surface area (Å²) in [6.45, 7) is 1.52. The van der Waals surface area contributed by atoms with Gasteiger partial charge in [-0.25, -0.2) is 0 Å². The number of methoxy groups -OCH3 is 1. The zero-order valence-electron chi connectivity index (χ0n) is 21.5. The molecule has 0 aliphatic carbocycles. The van der Waals surface area contributed by atoms with E-state index in [1.807, 2.05) is 65.6 Å². The SMILES string of the molecule is COc1ccc(C(=O)[C@@H]2[C@H](C(C)=O)N3c4ccc5ccccc5c4C=C[C@H]3[C@]23C(=O)Nc2ccccc23)cc1. The maximum absolute atomic E-state index is 14.5. The number of amides is 1. The number of rotatable bonds is 4. The van der Waals surface area contributed by atoms with Crippen LogP contribution in [0.1, 0.15) is 28.4 Å². The summed E-state index contributed by atoms with van der Waals surface area (Å²) in [7, 11) is 1.57. The molecule has 6 heteroatoms. The highest BCUT2D eigenvalue weighted by Crippen LogP contribution is 2.58. The van der Waals surface area contributed by atoms with Crippen molar-refractivity contribution < 1.29 is 19.1 Å². The monoisotopic (exact) mass is 514 g/mol. The van der Waals surface area contributed by atoms with Crippen molar-refractivity contribution in [1.82, 2.24) is 0 Å². The number of nitrogens with one attached hydrogen (secondary N) is 1. The van der Waals surface area contributed by atoms with Crippen LogP contribution in [0.5, 0.6) is 5.75 Å². The lowest BCUT2D eigenvalue weighted by molar-refractivity contribution is -0.122. The first-order valence-electron chi connectivity index (χ1n) is 13.0. The standard InChI is InChI=1S/C33H26N2O4/c1-19(36)30-29(31(37)21-11-14-22(39-2)15-12-21)33(25-9-5-6-10-26(25)34-32(33)38)28-18-16-24-23-8-4-3-7-20(23)13-17-27(24)35(28)30/h3-18,28-30H,1-2H3,(H,34,38)/t28-,29-,30-,33-/m0/s1. The molecule has 3 aliphatic rings. The topological polar surface area (TPSA) is 75.7 Å². The summed E-state index contributed by atoms with van der Waals surface area (Å²) in [5, 5.41) is 5.19. The highest BCUT2D eigenvalue weighted by Gasteiger charge is 2.69. The first-order chi connectivity index (χ1) is 19.0. The van der Waals surface area contributed by atoms with Gasteiger partial charge in [-0.1, -0.05) is 60.7 Å². The molecule has 3 aliphatic heterocycles. The van der Waals surface area contributed by atoms with Gasteiger partial charge in [0.25, 0.3) is 0 Å². The van der Waals surface area contributed by atoms with Crippen LogP contribution in [0.25, 0.3) is 16.8 Å². The Morgan fingerprint density at radius 1 is 0.923 bits per heavy atom. The highest BCUT2D eigenvalue weighted by atomic mass is 16.5. The van der Waals surface area contributed by atoms with Gasteiger partial charge in [-0.2, -0.15) is 0 Å². The van der Waals surface area contributed by atoms with Gasteiger partial charge in [0.1, 0.15) is 11.2 Å². The molecule has 0 saturated carbocycles. The zero-order valence-corrected chi connectivity index (χ0v) is 21.5. The normalized spacial score (nSPS) is 24.3. The molecular weight excluding hydrogens is 488 g/mol. The fourth-order valence-corrected chi connectivity index (χ4v) is 7.02. The molecule has 0 aromatic heterocycles. The Labute approximate surface area is 225 Å². The van der Waals surface area contributed by atoms with Gasteiger partial charge in [0, 0.05) is 22.5 Å². The number of Topliss-reactive ketones (excluding diaryl/α,β-unsaturated/α-hetero) is 2. The second kappa shape index (κ2) is 8.40. The Hall–Kier alpha value is -4.71. The van der Waals surface area contributed by atoms with Gasteiger partial charge in [-0.05, 0) is 59.7 Å². The minimum Gasteiger partial charge on any atom is -0.497 e. The third-order valence-corrected chi connectivity index (χ3v) is 8.61. The lowest BCUT2D eigenvalue weighted by Crippen LogP contribution is -2.51. The van der Waals surface area contributed by atoms with Gasteiger partial charge in [0.05, 0.1) is 25.1 Å². The van der Waals surface area contributed by atoms with Crippen LogP contribution in [-0.2, 0) is 15.0 Å². The molecule has 4 atom stereocenters. The molecule has 1 fully saturated rings. The Morgan fingerprint density at radius 2 is 1.67 bits per heavy atom. The molecule has 0 bridgehead atoms. The number of anilines is 2. The Bertz CT molecular complexity index is 1720. The van der Waals surface area contributed by atoms with E-state index >= 15 is 0 Å². The summed E-state index contributed by atoms with van der Waals surface area (Å²) in [4.78, 5) is 44.4. The average Bonchev–Trinajstić information content (AvgIpc) is 3.45. The molecular formula is C33H26N2O4. The molecule has 39 heavy (non-hydrogen) atoms. The third kappa shape index (κ3) is 3.05. The van der Waals surface area contributed by atoms with Crippen molar-refractivity contribution in [3.05, 3.63) is 108 Å². The first-order valence-corrected chi connectivity index (χ1v) is 13.0. The summed E-state index contributed by atoms with van der Waals surface area (Å²) >= 11 is 0. The van der Waals surface area contributed by atoms with Crippen molar-refractivity contribution >= 4 is 45.7 Å². The van der Waals surface area contributed by atoms with Crippen LogP contribution in [0.2, 0.25) is 0 Å². The average molecular weight is 515 g/mol. The first kappa shape index (κ1) is 23.4. The fraction of sp³-hybridized carbons (Fsp3) is 0.182. The minimum atomic E-state index is -1.29. The summed E-state index contributed by atoms with van der Waals surface area (Å²) < 4.78 is 5.30. The molecule has 4 aromatic rings. The number of fused-ring (bicyclic) bond motifs is 8. The van der Waals surface area contributed by atoms with Crippen molar-refractivity contribution in [2.45, 2.75) is 24.4 Å². The number of ether oxygens (including phenoxy) is 1. The molecule has 3 heterocycles. The van der Waals surface area contributed by atoms with Crippen molar-refractivity contribution in [2.24, 2.45) is 5.92 Å². The van der Waals surface area contributed by atoms with Gasteiger partial charge >= 0.3 is 0 Å². The van der Waals surface area contributed by atoms with Gasteiger partial charge < -0.3 is 15.0 Å². The maximum Gasteiger partial charge on any atom is 0.238 e. The molecule has 1 saturated heterocycles. The predicted molar refractivity (Wildman–Crippen MR) is 151 cm³/mol. The fourth-order valence-electron chi connectivity index (χ4n) is 7.02. The van der Waals surface area contributed by atoms with E-state index < -0.39 is 23.4 Å². The van der Waals surface area contributed by atoms with E-state index in [0.717, 1.165) is 27.6 Å². The van der Waals surface area contributed by atoms with Crippen LogP contribution in [0.3, 0.4) is 0 Å². The maximum atomic E-state index is 14.5. The van der Waals surface area contributed by atoms with E-state index in [9.17, 15) is 14.4 Å². The lowest BCUT2D eigenvalue weighted by Gasteiger charge is -2.38. The second-order valence-electron chi connectivity index (χ2n) is 10.4. The van der Waals surface area contributed by atoms with E-state index in [4.69, 9.17) is 4.74 Å². The smallest absolute Gasteiger partial charge is 0.238 e. The van der Waals surface area contributed by atoms with Crippen LogP contribution in [-0.4, -0.2) is 36.7 Å².